The zero-order chi connectivity index (χ0) is 21.8. The van der Waals surface area contributed by atoms with Crippen LogP contribution in [0, 0.1) is 6.92 Å². The van der Waals surface area contributed by atoms with E-state index in [0.29, 0.717) is 4.91 Å². The second kappa shape index (κ2) is 9.01. The number of carbonyl (C=O) groups is 3. The molecule has 0 aliphatic carbocycles. The van der Waals surface area contributed by atoms with E-state index < -0.39 is 0 Å². The molecule has 1 aliphatic rings. The number of aromatic nitrogens is 2. The first-order chi connectivity index (χ1) is 15.0. The number of nitrogens with zero attached hydrogens (tertiary/aromatic N) is 3. The molecule has 0 atom stereocenters. The molecule has 1 aliphatic heterocycles. The average molecular weight is 433 g/mol. The Morgan fingerprint density at radius 1 is 1.06 bits per heavy atom. The molecule has 3 aromatic rings. The summed E-state index contributed by atoms with van der Waals surface area (Å²) in [5.74, 6) is -0.707. The third kappa shape index (κ3) is 4.59. The minimum Gasteiger partial charge on any atom is -0.349 e. The second-order valence-corrected chi connectivity index (χ2v) is 7.91. The predicted octanol–water partition coefficient (Wildman–Crippen LogP) is 3.65. The molecule has 0 radical (unpaired) electrons. The minimum absolute atomic E-state index is 0.0981. The van der Waals surface area contributed by atoms with E-state index in [9.17, 15) is 14.4 Å². The van der Waals surface area contributed by atoms with E-state index >= 15 is 0 Å². The van der Waals surface area contributed by atoms with Crippen LogP contribution in [-0.4, -0.2) is 44.8 Å². The third-order valence-electron chi connectivity index (χ3n) is 4.71. The lowest BCUT2D eigenvalue weighted by atomic mass is 10.2. The van der Waals surface area contributed by atoms with Gasteiger partial charge in [-0.2, -0.15) is 5.10 Å². The van der Waals surface area contributed by atoms with E-state index in [4.69, 9.17) is 0 Å². The van der Waals surface area contributed by atoms with E-state index in [-0.39, 0.29) is 35.8 Å². The maximum atomic E-state index is 12.6. The average Bonchev–Trinajstić information content (AvgIpc) is 3.30. The van der Waals surface area contributed by atoms with Gasteiger partial charge in [0, 0.05) is 18.8 Å². The molecule has 2 aromatic carbocycles. The summed E-state index contributed by atoms with van der Waals surface area (Å²) < 4.78 is 1.69. The number of thioether (sulfide) groups is 1. The number of benzene rings is 2. The lowest BCUT2D eigenvalue weighted by Gasteiger charge is -2.12. The Bertz CT molecular complexity index is 1160. The predicted molar refractivity (Wildman–Crippen MR) is 120 cm³/mol. The number of para-hydroxylation sites is 1. The SMILES string of the molecule is Cc1cc(C(=O)NCCN2C(=O)S/C(=C/c3ccccc3)C2=O)nn1-c1ccccc1. The van der Waals surface area contributed by atoms with Gasteiger partial charge in [-0.1, -0.05) is 48.5 Å². The molecule has 3 amide bonds. The van der Waals surface area contributed by atoms with Crippen molar-refractivity contribution in [2.75, 3.05) is 13.1 Å². The Kier molecular flexibility index (Phi) is 5.99. The van der Waals surface area contributed by atoms with Gasteiger partial charge in [0.2, 0.25) is 0 Å². The van der Waals surface area contributed by atoms with Gasteiger partial charge in [0.1, 0.15) is 0 Å². The van der Waals surface area contributed by atoms with Crippen molar-refractivity contribution in [2.24, 2.45) is 0 Å². The highest BCUT2D eigenvalue weighted by Crippen LogP contribution is 2.31. The quantitative estimate of drug-likeness (QED) is 0.601. The van der Waals surface area contributed by atoms with Gasteiger partial charge in [-0.15, -0.1) is 0 Å². The first kappa shape index (κ1) is 20.6. The summed E-state index contributed by atoms with van der Waals surface area (Å²) in [7, 11) is 0. The maximum absolute atomic E-state index is 12.6. The molecular weight excluding hydrogens is 412 g/mol. The monoisotopic (exact) mass is 432 g/mol. The molecule has 4 rings (SSSR count). The summed E-state index contributed by atoms with van der Waals surface area (Å²) in [5.41, 5.74) is 2.82. The molecular formula is C23H20N4O3S. The third-order valence-corrected chi connectivity index (χ3v) is 5.62. The van der Waals surface area contributed by atoms with Gasteiger partial charge in [-0.3, -0.25) is 19.3 Å². The molecule has 2 heterocycles. The van der Waals surface area contributed by atoms with Crippen molar-refractivity contribution in [3.05, 3.63) is 88.6 Å². The smallest absolute Gasteiger partial charge is 0.293 e. The second-order valence-electron chi connectivity index (χ2n) is 6.92. The first-order valence-corrected chi connectivity index (χ1v) is 10.6. The lowest BCUT2D eigenvalue weighted by Crippen LogP contribution is -2.37. The lowest BCUT2D eigenvalue weighted by molar-refractivity contribution is -0.122. The topological polar surface area (TPSA) is 84.3 Å². The van der Waals surface area contributed by atoms with Crippen LogP contribution in [0.3, 0.4) is 0 Å². The number of aryl methyl sites for hydroxylation is 1. The van der Waals surface area contributed by atoms with Crippen molar-refractivity contribution >= 4 is 34.9 Å². The summed E-state index contributed by atoms with van der Waals surface area (Å²) in [6, 6.07) is 20.6. The van der Waals surface area contributed by atoms with Crippen LogP contribution in [0.2, 0.25) is 0 Å². The van der Waals surface area contributed by atoms with Crippen LogP contribution in [0.25, 0.3) is 11.8 Å². The summed E-state index contributed by atoms with van der Waals surface area (Å²) in [6.07, 6.45) is 1.70. The zero-order valence-corrected chi connectivity index (χ0v) is 17.6. The van der Waals surface area contributed by atoms with Crippen molar-refractivity contribution < 1.29 is 14.4 Å². The molecule has 7 nitrogen and oxygen atoms in total. The molecule has 1 aromatic heterocycles. The number of rotatable bonds is 6. The molecule has 1 saturated heterocycles. The first-order valence-electron chi connectivity index (χ1n) is 9.73. The molecule has 0 unspecified atom stereocenters. The van der Waals surface area contributed by atoms with Gasteiger partial charge in [-0.25, -0.2) is 4.68 Å². The zero-order valence-electron chi connectivity index (χ0n) is 16.8. The van der Waals surface area contributed by atoms with E-state index in [1.165, 1.54) is 0 Å². The highest BCUT2D eigenvalue weighted by atomic mass is 32.2. The van der Waals surface area contributed by atoms with Gasteiger partial charge in [0.15, 0.2) is 5.69 Å². The van der Waals surface area contributed by atoms with Crippen LogP contribution in [0.4, 0.5) is 4.79 Å². The normalized spacial score (nSPS) is 15.0. The maximum Gasteiger partial charge on any atom is 0.293 e. The summed E-state index contributed by atoms with van der Waals surface area (Å²) >= 11 is 0.905. The van der Waals surface area contributed by atoms with Crippen molar-refractivity contribution in [1.29, 1.82) is 0 Å². The van der Waals surface area contributed by atoms with E-state index in [1.54, 1.807) is 16.8 Å². The van der Waals surface area contributed by atoms with Gasteiger partial charge < -0.3 is 5.32 Å². The highest BCUT2D eigenvalue weighted by molar-refractivity contribution is 8.18. The molecule has 0 saturated carbocycles. The van der Waals surface area contributed by atoms with Gasteiger partial charge in [-0.05, 0) is 48.5 Å². The number of hydrogen-bond acceptors (Lipinski definition) is 5. The molecule has 0 bridgehead atoms. The van der Waals surface area contributed by atoms with Crippen molar-refractivity contribution in [1.82, 2.24) is 20.0 Å². The van der Waals surface area contributed by atoms with Gasteiger partial charge in [0.25, 0.3) is 17.1 Å². The number of imide groups is 1. The Morgan fingerprint density at radius 3 is 2.45 bits per heavy atom. The molecule has 1 N–H and O–H groups in total. The fourth-order valence-electron chi connectivity index (χ4n) is 3.18. The summed E-state index contributed by atoms with van der Waals surface area (Å²) in [5, 5.41) is 6.75. The summed E-state index contributed by atoms with van der Waals surface area (Å²) in [6.45, 7) is 2.11. The molecule has 31 heavy (non-hydrogen) atoms. The molecule has 156 valence electrons. The molecule has 0 spiro atoms. The molecule has 8 heteroatoms. The van der Waals surface area contributed by atoms with Crippen LogP contribution in [-0.2, 0) is 4.79 Å². The van der Waals surface area contributed by atoms with E-state index in [0.717, 1.165) is 33.6 Å². The summed E-state index contributed by atoms with van der Waals surface area (Å²) in [4.78, 5) is 38.8. The van der Waals surface area contributed by atoms with Crippen LogP contribution < -0.4 is 5.32 Å². The minimum atomic E-state index is -0.357. The van der Waals surface area contributed by atoms with Gasteiger partial charge in [0.05, 0.1) is 10.6 Å². The van der Waals surface area contributed by atoms with Crippen LogP contribution in [0.1, 0.15) is 21.7 Å². The Labute approximate surface area is 183 Å². The van der Waals surface area contributed by atoms with Crippen molar-refractivity contribution in [2.45, 2.75) is 6.92 Å². The highest BCUT2D eigenvalue weighted by Gasteiger charge is 2.34. The largest absolute Gasteiger partial charge is 0.349 e. The van der Waals surface area contributed by atoms with Gasteiger partial charge >= 0.3 is 0 Å². The van der Waals surface area contributed by atoms with E-state index in [1.807, 2.05) is 67.6 Å². The fraction of sp³-hybridized carbons (Fsp3) is 0.130. The Balaban J connectivity index is 1.36. The number of nitrogens with one attached hydrogen (secondary N) is 1. The van der Waals surface area contributed by atoms with Crippen molar-refractivity contribution in [3.63, 3.8) is 0 Å². The van der Waals surface area contributed by atoms with Crippen LogP contribution in [0.5, 0.6) is 0 Å². The number of carbonyl (C=O) groups excluding carboxylic acids is 3. The number of hydrogen-bond donors (Lipinski definition) is 1. The van der Waals surface area contributed by atoms with Crippen LogP contribution in [0.15, 0.2) is 71.6 Å². The number of amides is 3. The van der Waals surface area contributed by atoms with Crippen LogP contribution >= 0.6 is 11.8 Å². The Hall–Kier alpha value is -3.65. The Morgan fingerprint density at radius 2 is 1.74 bits per heavy atom. The standard InChI is InChI=1S/C23H20N4O3S/c1-16-14-19(25-27(16)18-10-6-3-7-11-18)21(28)24-12-13-26-22(29)20(31-23(26)30)15-17-8-4-2-5-9-17/h2-11,14-15H,12-13H2,1H3,(H,24,28)/b20-15+. The fourth-order valence-corrected chi connectivity index (χ4v) is 4.05. The van der Waals surface area contributed by atoms with Crippen molar-refractivity contribution in [3.8, 4) is 5.69 Å². The molecule has 1 fully saturated rings. The van der Waals surface area contributed by atoms with E-state index in [2.05, 4.69) is 10.4 Å².